The van der Waals surface area contributed by atoms with Crippen molar-refractivity contribution in [3.63, 3.8) is 0 Å². The molecule has 0 atom stereocenters. The third kappa shape index (κ3) is 5.21. The van der Waals surface area contributed by atoms with Crippen LogP contribution in [-0.2, 0) is 11.2 Å². The Balaban J connectivity index is 2.38. The summed E-state index contributed by atoms with van der Waals surface area (Å²) < 4.78 is 5.70. The Kier molecular flexibility index (Phi) is 6.92. The van der Waals surface area contributed by atoms with Gasteiger partial charge in [0, 0.05) is 13.0 Å². The third-order valence-corrected chi connectivity index (χ3v) is 2.70. The highest BCUT2D eigenvalue weighted by atomic mass is 16.5. The van der Waals surface area contributed by atoms with Crippen LogP contribution in [0.1, 0.15) is 38.7 Å². The minimum Gasteiger partial charge on any atom is -0.493 e. The number of rotatable bonds is 8. The molecule has 0 aliphatic rings. The van der Waals surface area contributed by atoms with Crippen molar-refractivity contribution in [2.75, 3.05) is 13.2 Å². The fourth-order valence-corrected chi connectivity index (χ4v) is 1.69. The molecule has 0 aromatic heterocycles. The van der Waals surface area contributed by atoms with Crippen LogP contribution in [0.3, 0.4) is 0 Å². The minimum atomic E-state index is 0.116. The van der Waals surface area contributed by atoms with Gasteiger partial charge >= 0.3 is 0 Å². The van der Waals surface area contributed by atoms with Gasteiger partial charge < -0.3 is 10.1 Å². The molecule has 0 saturated heterocycles. The zero-order valence-corrected chi connectivity index (χ0v) is 11.4. The first-order chi connectivity index (χ1) is 8.77. The summed E-state index contributed by atoms with van der Waals surface area (Å²) in [6.45, 7) is 5.45. The van der Waals surface area contributed by atoms with Crippen LogP contribution in [0.15, 0.2) is 24.3 Å². The second kappa shape index (κ2) is 8.56. The van der Waals surface area contributed by atoms with Crippen molar-refractivity contribution in [1.82, 2.24) is 5.32 Å². The highest BCUT2D eigenvalue weighted by Crippen LogP contribution is 2.19. The van der Waals surface area contributed by atoms with Gasteiger partial charge in [-0.25, -0.2) is 0 Å². The molecule has 0 aliphatic carbocycles. The molecular weight excluding hydrogens is 226 g/mol. The lowest BCUT2D eigenvalue weighted by atomic mass is 10.1. The first-order valence-corrected chi connectivity index (χ1v) is 6.75. The molecule has 1 aromatic carbocycles. The van der Waals surface area contributed by atoms with Crippen molar-refractivity contribution in [2.45, 2.75) is 39.5 Å². The number of para-hydroxylation sites is 1. The van der Waals surface area contributed by atoms with Crippen LogP contribution < -0.4 is 10.1 Å². The molecule has 0 unspecified atom stereocenters. The molecule has 100 valence electrons. The van der Waals surface area contributed by atoms with Crippen LogP contribution >= 0.6 is 0 Å². The molecule has 0 spiro atoms. The smallest absolute Gasteiger partial charge is 0.219 e. The lowest BCUT2D eigenvalue weighted by Crippen LogP contribution is -2.23. The fraction of sp³-hybridized carbons (Fsp3) is 0.533. The van der Waals surface area contributed by atoms with Crippen LogP contribution in [0, 0.1) is 0 Å². The Labute approximate surface area is 110 Å². The molecule has 1 aromatic rings. The van der Waals surface area contributed by atoms with E-state index in [0.29, 0.717) is 6.42 Å². The summed E-state index contributed by atoms with van der Waals surface area (Å²) in [5.41, 5.74) is 1.22. The molecule has 0 radical (unpaired) electrons. The van der Waals surface area contributed by atoms with Gasteiger partial charge in [0.1, 0.15) is 5.75 Å². The van der Waals surface area contributed by atoms with Crippen LogP contribution in [0.5, 0.6) is 5.75 Å². The molecule has 0 bridgehead atoms. The normalized spacial score (nSPS) is 10.1. The summed E-state index contributed by atoms with van der Waals surface area (Å²) in [4.78, 5) is 11.1. The minimum absolute atomic E-state index is 0.116. The summed E-state index contributed by atoms with van der Waals surface area (Å²) in [7, 11) is 0. The lowest BCUT2D eigenvalue weighted by molar-refractivity contribution is -0.120. The Hall–Kier alpha value is -1.51. The van der Waals surface area contributed by atoms with Gasteiger partial charge in [-0.2, -0.15) is 0 Å². The highest BCUT2D eigenvalue weighted by Gasteiger charge is 2.03. The number of ether oxygens (including phenoxy) is 1. The van der Waals surface area contributed by atoms with Crippen LogP contribution in [0.25, 0.3) is 0 Å². The van der Waals surface area contributed by atoms with E-state index in [-0.39, 0.29) is 5.91 Å². The SMILES string of the molecule is CCCOc1ccccc1CCCNC(=O)CC. The second-order valence-corrected chi connectivity index (χ2v) is 4.26. The number of benzene rings is 1. The average Bonchev–Trinajstić information content (AvgIpc) is 2.42. The van der Waals surface area contributed by atoms with Crippen molar-refractivity contribution < 1.29 is 9.53 Å². The van der Waals surface area contributed by atoms with E-state index in [0.717, 1.165) is 38.2 Å². The third-order valence-electron chi connectivity index (χ3n) is 2.70. The Morgan fingerprint density at radius 2 is 2.06 bits per heavy atom. The zero-order valence-electron chi connectivity index (χ0n) is 11.4. The standard InChI is InChI=1S/C15H23NO2/c1-3-12-18-14-10-6-5-8-13(14)9-7-11-16-15(17)4-2/h5-6,8,10H,3-4,7,9,11-12H2,1-2H3,(H,16,17). The molecule has 3 nitrogen and oxygen atoms in total. The van der Waals surface area contributed by atoms with E-state index in [1.54, 1.807) is 0 Å². The van der Waals surface area contributed by atoms with Gasteiger partial charge in [-0.3, -0.25) is 4.79 Å². The zero-order chi connectivity index (χ0) is 13.2. The number of nitrogens with one attached hydrogen (secondary N) is 1. The molecule has 1 rings (SSSR count). The van der Waals surface area contributed by atoms with E-state index in [2.05, 4.69) is 18.3 Å². The molecule has 18 heavy (non-hydrogen) atoms. The van der Waals surface area contributed by atoms with Gasteiger partial charge in [0.05, 0.1) is 6.61 Å². The average molecular weight is 249 g/mol. The Morgan fingerprint density at radius 1 is 1.28 bits per heavy atom. The Bertz CT molecular complexity index is 363. The summed E-state index contributed by atoms with van der Waals surface area (Å²) in [6, 6.07) is 8.12. The van der Waals surface area contributed by atoms with E-state index in [1.165, 1.54) is 5.56 Å². The maximum absolute atomic E-state index is 11.1. The van der Waals surface area contributed by atoms with Gasteiger partial charge in [0.2, 0.25) is 5.91 Å². The molecule has 0 saturated carbocycles. The summed E-state index contributed by atoms with van der Waals surface area (Å²) in [5, 5.41) is 2.89. The van der Waals surface area contributed by atoms with Crippen molar-refractivity contribution in [3.05, 3.63) is 29.8 Å². The van der Waals surface area contributed by atoms with Gasteiger partial charge in [-0.15, -0.1) is 0 Å². The molecule has 0 aliphatic heterocycles. The van der Waals surface area contributed by atoms with Crippen molar-refractivity contribution >= 4 is 5.91 Å². The van der Waals surface area contributed by atoms with E-state index >= 15 is 0 Å². The van der Waals surface area contributed by atoms with Gasteiger partial charge in [0.25, 0.3) is 0 Å². The summed E-state index contributed by atoms with van der Waals surface area (Å²) in [6.07, 6.45) is 3.44. The quantitative estimate of drug-likeness (QED) is 0.719. The van der Waals surface area contributed by atoms with Gasteiger partial charge in [0.15, 0.2) is 0 Å². The number of hydrogen-bond acceptors (Lipinski definition) is 2. The fourth-order valence-electron chi connectivity index (χ4n) is 1.69. The largest absolute Gasteiger partial charge is 0.493 e. The number of hydrogen-bond donors (Lipinski definition) is 1. The van der Waals surface area contributed by atoms with Crippen molar-refractivity contribution in [1.29, 1.82) is 0 Å². The van der Waals surface area contributed by atoms with Gasteiger partial charge in [-0.1, -0.05) is 32.0 Å². The first kappa shape index (κ1) is 14.6. The molecular formula is C15H23NO2. The Morgan fingerprint density at radius 3 is 2.78 bits per heavy atom. The molecule has 3 heteroatoms. The van der Waals surface area contributed by atoms with Crippen molar-refractivity contribution in [3.8, 4) is 5.75 Å². The number of aryl methyl sites for hydroxylation is 1. The molecule has 0 heterocycles. The highest BCUT2D eigenvalue weighted by molar-refractivity contribution is 5.75. The molecule has 1 amide bonds. The first-order valence-electron chi connectivity index (χ1n) is 6.75. The van der Waals surface area contributed by atoms with Crippen LogP contribution in [0.2, 0.25) is 0 Å². The van der Waals surface area contributed by atoms with Gasteiger partial charge in [-0.05, 0) is 30.9 Å². The van der Waals surface area contributed by atoms with E-state index < -0.39 is 0 Å². The van der Waals surface area contributed by atoms with E-state index in [9.17, 15) is 4.79 Å². The number of carbonyl (C=O) groups is 1. The number of carbonyl (C=O) groups excluding carboxylic acids is 1. The summed E-state index contributed by atoms with van der Waals surface area (Å²) in [5.74, 6) is 1.09. The van der Waals surface area contributed by atoms with Crippen LogP contribution in [-0.4, -0.2) is 19.1 Å². The maximum atomic E-state index is 11.1. The summed E-state index contributed by atoms with van der Waals surface area (Å²) >= 11 is 0. The number of amides is 1. The van der Waals surface area contributed by atoms with Crippen molar-refractivity contribution in [2.24, 2.45) is 0 Å². The topological polar surface area (TPSA) is 38.3 Å². The predicted octanol–water partition coefficient (Wildman–Crippen LogP) is 2.93. The van der Waals surface area contributed by atoms with E-state index in [4.69, 9.17) is 4.74 Å². The monoisotopic (exact) mass is 249 g/mol. The predicted molar refractivity (Wildman–Crippen MR) is 73.8 cm³/mol. The lowest BCUT2D eigenvalue weighted by Gasteiger charge is -2.10. The van der Waals surface area contributed by atoms with Crippen LogP contribution in [0.4, 0.5) is 0 Å². The van der Waals surface area contributed by atoms with E-state index in [1.807, 2.05) is 25.1 Å². The molecule has 1 N–H and O–H groups in total. The maximum Gasteiger partial charge on any atom is 0.219 e. The second-order valence-electron chi connectivity index (χ2n) is 4.26. The molecule has 0 fully saturated rings.